The van der Waals surface area contributed by atoms with Crippen LogP contribution in [0.1, 0.15) is 26.1 Å². The number of hydrogen-bond donors (Lipinski definition) is 3. The molecule has 100 valence electrons. The molecule has 0 atom stereocenters. The van der Waals surface area contributed by atoms with E-state index in [1.54, 1.807) is 13.0 Å². The van der Waals surface area contributed by atoms with Gasteiger partial charge >= 0.3 is 5.97 Å². The Kier molecular flexibility index (Phi) is 5.86. The Labute approximate surface area is 106 Å². The number of hydrogen-bond acceptors (Lipinski definition) is 7. The molecule has 0 aliphatic rings. The number of nitrogens with one attached hydrogen (secondary N) is 2. The highest BCUT2D eigenvalue weighted by atomic mass is 16.5. The Morgan fingerprint density at radius 1 is 1.39 bits per heavy atom. The van der Waals surface area contributed by atoms with Crippen LogP contribution in [0.25, 0.3) is 0 Å². The lowest BCUT2D eigenvalue weighted by atomic mass is 10.3. The summed E-state index contributed by atoms with van der Waals surface area (Å²) in [6, 6.07) is 1.64. The highest BCUT2D eigenvalue weighted by Gasteiger charge is 2.06. The maximum absolute atomic E-state index is 11.2. The number of carbonyl (C=O) groups is 1. The lowest BCUT2D eigenvalue weighted by Crippen LogP contribution is -2.18. The number of nitrogens with two attached hydrogens (primary N) is 1. The summed E-state index contributed by atoms with van der Waals surface area (Å²) < 4.78 is 4.81. The van der Waals surface area contributed by atoms with Crippen molar-refractivity contribution in [1.29, 1.82) is 0 Å². The van der Waals surface area contributed by atoms with Gasteiger partial charge in [-0.3, -0.25) is 4.79 Å². The number of anilines is 2. The van der Waals surface area contributed by atoms with E-state index < -0.39 is 0 Å². The molecule has 0 radical (unpaired) electrons. The van der Waals surface area contributed by atoms with E-state index in [2.05, 4.69) is 20.7 Å². The van der Waals surface area contributed by atoms with Crippen molar-refractivity contribution in [1.82, 2.24) is 9.97 Å². The van der Waals surface area contributed by atoms with Crippen molar-refractivity contribution in [2.24, 2.45) is 5.84 Å². The van der Waals surface area contributed by atoms with E-state index in [-0.39, 0.29) is 12.5 Å². The summed E-state index contributed by atoms with van der Waals surface area (Å²) in [7, 11) is 0. The summed E-state index contributed by atoms with van der Waals surface area (Å²) in [5.74, 6) is 6.75. The van der Waals surface area contributed by atoms with Gasteiger partial charge in [-0.1, -0.05) is 6.92 Å². The highest BCUT2D eigenvalue weighted by molar-refractivity contribution is 5.74. The molecule has 1 rings (SSSR count). The molecule has 1 heterocycles. The van der Waals surface area contributed by atoms with Crippen LogP contribution in [0.4, 0.5) is 11.6 Å². The number of aryl methyl sites for hydroxylation is 1. The van der Waals surface area contributed by atoms with Gasteiger partial charge in [0.2, 0.25) is 0 Å². The minimum Gasteiger partial charge on any atom is -0.465 e. The van der Waals surface area contributed by atoms with Crippen molar-refractivity contribution in [3.8, 4) is 0 Å². The van der Waals surface area contributed by atoms with Gasteiger partial charge in [0, 0.05) is 12.5 Å². The maximum Gasteiger partial charge on any atom is 0.325 e. The van der Waals surface area contributed by atoms with Crippen molar-refractivity contribution in [3.63, 3.8) is 0 Å². The lowest BCUT2D eigenvalue weighted by Gasteiger charge is -2.09. The van der Waals surface area contributed by atoms with E-state index in [0.29, 0.717) is 24.1 Å². The molecule has 0 spiro atoms. The lowest BCUT2D eigenvalue weighted by molar-refractivity contribution is -0.140. The van der Waals surface area contributed by atoms with Crippen LogP contribution in [0.3, 0.4) is 0 Å². The Morgan fingerprint density at radius 2 is 2.11 bits per heavy atom. The predicted molar refractivity (Wildman–Crippen MR) is 69.0 cm³/mol. The molecule has 0 saturated carbocycles. The molecule has 7 heteroatoms. The minimum atomic E-state index is -0.324. The van der Waals surface area contributed by atoms with Gasteiger partial charge in [0.15, 0.2) is 0 Å². The SMILES string of the molecule is CCCc1nc(NN)cc(NCC(=O)OCC)n1. The van der Waals surface area contributed by atoms with Crippen molar-refractivity contribution < 1.29 is 9.53 Å². The van der Waals surface area contributed by atoms with Gasteiger partial charge in [0.05, 0.1) is 6.61 Å². The second-order valence-corrected chi connectivity index (χ2v) is 3.61. The van der Waals surface area contributed by atoms with Crippen LogP contribution in [0, 0.1) is 0 Å². The van der Waals surface area contributed by atoms with E-state index in [1.807, 2.05) is 6.92 Å². The molecule has 4 N–H and O–H groups in total. The first-order chi connectivity index (χ1) is 8.69. The third-order valence-electron chi connectivity index (χ3n) is 2.11. The fourth-order valence-electron chi connectivity index (χ4n) is 1.37. The first-order valence-corrected chi connectivity index (χ1v) is 5.93. The van der Waals surface area contributed by atoms with E-state index in [9.17, 15) is 4.79 Å². The molecule has 0 saturated heterocycles. The Hall–Kier alpha value is -1.89. The number of ether oxygens (including phenoxy) is 1. The van der Waals surface area contributed by atoms with E-state index in [0.717, 1.165) is 12.8 Å². The van der Waals surface area contributed by atoms with Crippen molar-refractivity contribution in [3.05, 3.63) is 11.9 Å². The molecule has 0 unspecified atom stereocenters. The number of nitrogen functional groups attached to an aromatic ring is 1. The van der Waals surface area contributed by atoms with Gasteiger partial charge in [0.25, 0.3) is 0 Å². The summed E-state index contributed by atoms with van der Waals surface area (Å²) in [5, 5.41) is 2.88. The van der Waals surface area contributed by atoms with E-state index >= 15 is 0 Å². The van der Waals surface area contributed by atoms with Crippen LogP contribution in [0.2, 0.25) is 0 Å². The van der Waals surface area contributed by atoms with Crippen LogP contribution in [-0.4, -0.2) is 29.1 Å². The molecular formula is C11H19N5O2. The largest absolute Gasteiger partial charge is 0.465 e. The fourth-order valence-corrected chi connectivity index (χ4v) is 1.37. The molecule has 0 bridgehead atoms. The molecule has 7 nitrogen and oxygen atoms in total. The quantitative estimate of drug-likeness (QED) is 0.373. The van der Waals surface area contributed by atoms with Gasteiger partial charge in [-0.2, -0.15) is 0 Å². The van der Waals surface area contributed by atoms with Gasteiger partial charge in [-0.05, 0) is 13.3 Å². The number of rotatable bonds is 7. The smallest absolute Gasteiger partial charge is 0.325 e. The Balaban J connectivity index is 2.68. The van der Waals surface area contributed by atoms with Crippen LogP contribution in [0.5, 0.6) is 0 Å². The molecule has 1 aromatic rings. The number of esters is 1. The first kappa shape index (κ1) is 14.2. The fraction of sp³-hybridized carbons (Fsp3) is 0.545. The number of carbonyl (C=O) groups excluding carboxylic acids is 1. The van der Waals surface area contributed by atoms with Crippen LogP contribution in [-0.2, 0) is 16.0 Å². The predicted octanol–water partition coefficient (Wildman–Crippen LogP) is 0.690. The second-order valence-electron chi connectivity index (χ2n) is 3.61. The Morgan fingerprint density at radius 3 is 2.72 bits per heavy atom. The minimum absolute atomic E-state index is 0.0699. The molecule has 0 amide bonds. The van der Waals surface area contributed by atoms with Gasteiger partial charge in [-0.25, -0.2) is 15.8 Å². The highest BCUT2D eigenvalue weighted by Crippen LogP contribution is 2.11. The zero-order valence-electron chi connectivity index (χ0n) is 10.7. The zero-order valence-corrected chi connectivity index (χ0v) is 10.7. The molecule has 0 fully saturated rings. The molecule has 18 heavy (non-hydrogen) atoms. The summed E-state index contributed by atoms with van der Waals surface area (Å²) >= 11 is 0. The number of nitrogens with zero attached hydrogens (tertiary/aromatic N) is 2. The average Bonchev–Trinajstić information content (AvgIpc) is 2.37. The third-order valence-corrected chi connectivity index (χ3v) is 2.11. The summed E-state index contributed by atoms with van der Waals surface area (Å²) in [6.07, 6.45) is 1.69. The summed E-state index contributed by atoms with van der Waals surface area (Å²) in [4.78, 5) is 19.7. The normalized spacial score (nSPS) is 9.94. The topological polar surface area (TPSA) is 102 Å². The van der Waals surface area contributed by atoms with E-state index in [1.165, 1.54) is 0 Å². The maximum atomic E-state index is 11.2. The Bertz CT molecular complexity index is 397. The number of hydrazine groups is 1. The van der Waals surface area contributed by atoms with Crippen LogP contribution < -0.4 is 16.6 Å². The van der Waals surface area contributed by atoms with Crippen molar-refractivity contribution in [2.75, 3.05) is 23.9 Å². The monoisotopic (exact) mass is 253 g/mol. The van der Waals surface area contributed by atoms with Crippen LogP contribution in [0.15, 0.2) is 6.07 Å². The van der Waals surface area contributed by atoms with Gasteiger partial charge < -0.3 is 15.5 Å². The van der Waals surface area contributed by atoms with Crippen LogP contribution >= 0.6 is 0 Å². The zero-order chi connectivity index (χ0) is 13.4. The number of aromatic nitrogens is 2. The standard InChI is InChI=1S/C11H19N5O2/c1-3-5-8-14-9(6-10(15-8)16-12)13-7-11(17)18-4-2/h6H,3-5,7,12H2,1-2H3,(H2,13,14,15,16). The molecule has 0 aliphatic carbocycles. The molecule has 1 aromatic heterocycles. The van der Waals surface area contributed by atoms with Gasteiger partial charge in [-0.15, -0.1) is 0 Å². The average molecular weight is 253 g/mol. The molecule has 0 aromatic carbocycles. The second kappa shape index (κ2) is 7.44. The summed E-state index contributed by atoms with van der Waals surface area (Å²) in [5.41, 5.74) is 2.47. The van der Waals surface area contributed by atoms with Crippen molar-refractivity contribution >= 4 is 17.6 Å². The third kappa shape index (κ3) is 4.54. The molecular weight excluding hydrogens is 234 g/mol. The summed E-state index contributed by atoms with van der Waals surface area (Å²) in [6.45, 7) is 4.23. The first-order valence-electron chi connectivity index (χ1n) is 5.93. The van der Waals surface area contributed by atoms with Gasteiger partial charge in [0.1, 0.15) is 24.0 Å². The van der Waals surface area contributed by atoms with E-state index in [4.69, 9.17) is 10.6 Å². The van der Waals surface area contributed by atoms with Crippen molar-refractivity contribution in [2.45, 2.75) is 26.7 Å². The molecule has 0 aliphatic heterocycles.